The fraction of sp³-hybridized carbons (Fsp3) is 0.286. The molecule has 0 fully saturated rings. The molecular weight excluding hydrogens is 286 g/mol. The van der Waals surface area contributed by atoms with Gasteiger partial charge in [-0.05, 0) is 18.6 Å². The molecule has 0 bridgehead atoms. The highest BCUT2D eigenvalue weighted by Gasteiger charge is 2.21. The number of nitrogens with one attached hydrogen (secondary N) is 1. The summed E-state index contributed by atoms with van der Waals surface area (Å²) in [6, 6.07) is 6.70. The molecule has 4 N–H and O–H groups in total. The Labute approximate surface area is 126 Å². The van der Waals surface area contributed by atoms with Gasteiger partial charge in [0.25, 0.3) is 0 Å². The number of carboxylic acids is 1. The molecular formula is C14H17N5O3. The summed E-state index contributed by atoms with van der Waals surface area (Å²) in [6.45, 7) is 2.38. The molecule has 0 aliphatic heterocycles. The maximum absolute atomic E-state index is 11.8. The molecule has 1 heterocycles. The zero-order valence-electron chi connectivity index (χ0n) is 12.1. The number of aromatic carboxylic acids is 1. The largest absolute Gasteiger partial charge is 0.476 e. The minimum absolute atomic E-state index is 0.107. The number of aromatic nitrogens is 3. The number of rotatable bonds is 6. The van der Waals surface area contributed by atoms with E-state index in [1.54, 1.807) is 24.3 Å². The topological polar surface area (TPSA) is 123 Å². The number of nitrogens with zero attached hydrogens (tertiary/aromatic N) is 3. The van der Waals surface area contributed by atoms with Gasteiger partial charge in [-0.1, -0.05) is 24.3 Å². The Bertz CT molecular complexity index is 696. The van der Waals surface area contributed by atoms with E-state index in [1.165, 1.54) is 4.68 Å². The van der Waals surface area contributed by atoms with E-state index in [-0.39, 0.29) is 23.8 Å². The number of hydrogen-bond donors (Lipinski definition) is 3. The normalized spacial score (nSPS) is 10.4. The first kappa shape index (κ1) is 15.5. The van der Waals surface area contributed by atoms with E-state index >= 15 is 0 Å². The molecule has 2 rings (SSSR count). The van der Waals surface area contributed by atoms with Crippen molar-refractivity contribution in [2.45, 2.75) is 19.9 Å². The average molecular weight is 303 g/mol. The SMILES string of the molecule is CCCNC(=O)Cn1nnc(C(=O)O)c1-c1cccc(N)c1. The van der Waals surface area contributed by atoms with Gasteiger partial charge < -0.3 is 16.2 Å². The van der Waals surface area contributed by atoms with E-state index in [9.17, 15) is 14.7 Å². The second kappa shape index (κ2) is 6.70. The fourth-order valence-corrected chi connectivity index (χ4v) is 2.00. The molecule has 0 saturated heterocycles. The van der Waals surface area contributed by atoms with E-state index < -0.39 is 5.97 Å². The summed E-state index contributed by atoms with van der Waals surface area (Å²) in [5.74, 6) is -1.47. The van der Waals surface area contributed by atoms with Crippen LogP contribution in [0.3, 0.4) is 0 Å². The Hall–Kier alpha value is -2.90. The summed E-state index contributed by atoms with van der Waals surface area (Å²) in [5, 5.41) is 19.4. The zero-order chi connectivity index (χ0) is 16.1. The molecule has 1 aromatic heterocycles. The van der Waals surface area contributed by atoms with Crippen molar-refractivity contribution in [3.8, 4) is 11.3 Å². The van der Waals surface area contributed by atoms with Gasteiger partial charge in [-0.25, -0.2) is 9.48 Å². The molecule has 1 amide bonds. The lowest BCUT2D eigenvalue weighted by Gasteiger charge is -2.08. The first-order valence-corrected chi connectivity index (χ1v) is 6.82. The number of carboxylic acid groups (broad SMARTS) is 1. The van der Waals surface area contributed by atoms with Crippen LogP contribution in [0, 0.1) is 0 Å². The summed E-state index contributed by atoms with van der Waals surface area (Å²) < 4.78 is 1.27. The Balaban J connectivity index is 2.39. The smallest absolute Gasteiger partial charge is 0.358 e. The van der Waals surface area contributed by atoms with E-state index in [1.807, 2.05) is 6.92 Å². The lowest BCUT2D eigenvalue weighted by molar-refractivity contribution is -0.121. The van der Waals surface area contributed by atoms with Crippen molar-refractivity contribution >= 4 is 17.6 Å². The van der Waals surface area contributed by atoms with Crippen LogP contribution in [0.25, 0.3) is 11.3 Å². The third-order valence-corrected chi connectivity index (χ3v) is 2.96. The summed E-state index contributed by atoms with van der Waals surface area (Å²) in [5.41, 5.74) is 6.80. The molecule has 116 valence electrons. The predicted molar refractivity (Wildman–Crippen MR) is 80.1 cm³/mol. The lowest BCUT2D eigenvalue weighted by Crippen LogP contribution is -2.28. The Morgan fingerprint density at radius 2 is 2.18 bits per heavy atom. The second-order valence-electron chi connectivity index (χ2n) is 4.72. The summed E-state index contributed by atoms with van der Waals surface area (Å²) in [6.07, 6.45) is 0.811. The van der Waals surface area contributed by atoms with Crippen molar-refractivity contribution in [2.24, 2.45) is 0 Å². The first-order chi connectivity index (χ1) is 10.5. The molecule has 8 nitrogen and oxygen atoms in total. The van der Waals surface area contributed by atoms with Crippen molar-refractivity contribution in [3.05, 3.63) is 30.0 Å². The van der Waals surface area contributed by atoms with Crippen LogP contribution in [0.2, 0.25) is 0 Å². The zero-order valence-corrected chi connectivity index (χ0v) is 12.1. The predicted octanol–water partition coefficient (Wildman–Crippen LogP) is 0.752. The second-order valence-corrected chi connectivity index (χ2v) is 4.72. The van der Waals surface area contributed by atoms with Crippen LogP contribution >= 0.6 is 0 Å². The van der Waals surface area contributed by atoms with Gasteiger partial charge in [-0.3, -0.25) is 4.79 Å². The van der Waals surface area contributed by atoms with Crippen molar-refractivity contribution in [1.29, 1.82) is 0 Å². The number of amides is 1. The van der Waals surface area contributed by atoms with Gasteiger partial charge in [-0.15, -0.1) is 5.10 Å². The van der Waals surface area contributed by atoms with Gasteiger partial charge in [0.15, 0.2) is 5.69 Å². The maximum Gasteiger partial charge on any atom is 0.358 e. The number of nitrogen functional groups attached to an aromatic ring is 1. The molecule has 0 spiro atoms. The summed E-state index contributed by atoms with van der Waals surface area (Å²) in [4.78, 5) is 23.1. The van der Waals surface area contributed by atoms with Crippen LogP contribution in [-0.4, -0.2) is 38.5 Å². The monoisotopic (exact) mass is 303 g/mol. The molecule has 8 heteroatoms. The average Bonchev–Trinajstić information content (AvgIpc) is 2.89. The van der Waals surface area contributed by atoms with Gasteiger partial charge in [0.1, 0.15) is 12.2 Å². The van der Waals surface area contributed by atoms with E-state index in [2.05, 4.69) is 15.6 Å². The Morgan fingerprint density at radius 1 is 1.41 bits per heavy atom. The van der Waals surface area contributed by atoms with Gasteiger partial charge in [0.2, 0.25) is 5.91 Å². The number of hydrogen-bond acceptors (Lipinski definition) is 5. The van der Waals surface area contributed by atoms with E-state index in [0.29, 0.717) is 17.8 Å². The molecule has 0 radical (unpaired) electrons. The number of carbonyl (C=O) groups is 2. The highest BCUT2D eigenvalue weighted by molar-refractivity contribution is 5.93. The van der Waals surface area contributed by atoms with Crippen LogP contribution in [0.15, 0.2) is 24.3 Å². The Morgan fingerprint density at radius 3 is 2.82 bits per heavy atom. The third-order valence-electron chi connectivity index (χ3n) is 2.96. The maximum atomic E-state index is 11.8. The first-order valence-electron chi connectivity index (χ1n) is 6.82. The molecule has 2 aromatic rings. The summed E-state index contributed by atoms with van der Waals surface area (Å²) >= 11 is 0. The minimum Gasteiger partial charge on any atom is -0.476 e. The van der Waals surface area contributed by atoms with Crippen molar-refractivity contribution < 1.29 is 14.7 Å². The van der Waals surface area contributed by atoms with Gasteiger partial charge in [0.05, 0.1) is 0 Å². The highest BCUT2D eigenvalue weighted by atomic mass is 16.4. The molecule has 0 unspecified atom stereocenters. The number of anilines is 1. The summed E-state index contributed by atoms with van der Waals surface area (Å²) in [7, 11) is 0. The van der Waals surface area contributed by atoms with Crippen molar-refractivity contribution in [2.75, 3.05) is 12.3 Å². The number of carbonyl (C=O) groups excluding carboxylic acids is 1. The molecule has 22 heavy (non-hydrogen) atoms. The van der Waals surface area contributed by atoms with Gasteiger partial charge in [-0.2, -0.15) is 0 Å². The standard InChI is InChI=1S/C14H17N5O3/c1-2-6-16-11(20)8-19-13(12(14(21)22)17-18-19)9-4-3-5-10(15)7-9/h3-5,7H,2,6,8,15H2,1H3,(H,16,20)(H,21,22). The van der Waals surface area contributed by atoms with Crippen LogP contribution < -0.4 is 11.1 Å². The molecule has 0 saturated carbocycles. The lowest BCUT2D eigenvalue weighted by atomic mass is 10.1. The van der Waals surface area contributed by atoms with E-state index in [4.69, 9.17) is 5.73 Å². The van der Waals surface area contributed by atoms with Crippen molar-refractivity contribution in [3.63, 3.8) is 0 Å². The quantitative estimate of drug-likeness (QED) is 0.677. The molecule has 0 aliphatic carbocycles. The number of benzene rings is 1. The van der Waals surface area contributed by atoms with Crippen LogP contribution in [0.5, 0.6) is 0 Å². The Kier molecular flexibility index (Phi) is 4.72. The fourth-order valence-electron chi connectivity index (χ4n) is 2.00. The highest BCUT2D eigenvalue weighted by Crippen LogP contribution is 2.24. The number of nitrogens with two attached hydrogens (primary N) is 1. The van der Waals surface area contributed by atoms with Crippen LogP contribution in [0.1, 0.15) is 23.8 Å². The van der Waals surface area contributed by atoms with Crippen molar-refractivity contribution in [1.82, 2.24) is 20.3 Å². The van der Waals surface area contributed by atoms with Crippen LogP contribution in [0.4, 0.5) is 5.69 Å². The third kappa shape index (κ3) is 3.40. The molecule has 0 atom stereocenters. The molecule has 0 aliphatic rings. The van der Waals surface area contributed by atoms with Crippen LogP contribution in [-0.2, 0) is 11.3 Å². The molecule has 1 aromatic carbocycles. The van der Waals surface area contributed by atoms with E-state index in [0.717, 1.165) is 6.42 Å². The van der Waals surface area contributed by atoms with Gasteiger partial charge in [0, 0.05) is 17.8 Å². The van der Waals surface area contributed by atoms with Gasteiger partial charge >= 0.3 is 5.97 Å². The minimum atomic E-state index is -1.21.